The summed E-state index contributed by atoms with van der Waals surface area (Å²) in [5.41, 5.74) is 0. The Kier molecular flexibility index (Phi) is 2.91. The number of aldehydes is 1. The van der Waals surface area contributed by atoms with Gasteiger partial charge in [0.05, 0.1) is 14.2 Å². The molecule has 0 saturated carbocycles. The molecule has 1 rings (SSSR count). The molecule has 0 bridgehead atoms. The topological polar surface area (TPSA) is 35.5 Å². The number of methoxy groups -OCH3 is 2. The average molecular weight is 168 g/mol. The second kappa shape index (κ2) is 3.95. The van der Waals surface area contributed by atoms with Crippen molar-refractivity contribution in [3.63, 3.8) is 0 Å². The van der Waals surface area contributed by atoms with Crippen molar-refractivity contribution in [2.45, 2.75) is 6.42 Å². The summed E-state index contributed by atoms with van der Waals surface area (Å²) in [6.07, 6.45) is 5.23. The third kappa shape index (κ3) is 1.67. The van der Waals surface area contributed by atoms with E-state index in [0.717, 1.165) is 6.29 Å². The first kappa shape index (κ1) is 8.84. The lowest BCUT2D eigenvalue weighted by Crippen LogP contribution is -2.07. The number of rotatable bonds is 3. The summed E-state index contributed by atoms with van der Waals surface area (Å²) in [6, 6.07) is 0. The SMILES string of the molecule is COC1=CCC(C=O)C=C1OC. The Balaban J connectivity index is 2.78. The summed E-state index contributed by atoms with van der Waals surface area (Å²) in [6.45, 7) is 0. The van der Waals surface area contributed by atoms with Gasteiger partial charge in [-0.3, -0.25) is 0 Å². The van der Waals surface area contributed by atoms with Gasteiger partial charge in [0.25, 0.3) is 0 Å². The third-order valence-electron chi connectivity index (χ3n) is 1.80. The molecule has 0 aromatic heterocycles. The van der Waals surface area contributed by atoms with E-state index in [4.69, 9.17) is 9.47 Å². The van der Waals surface area contributed by atoms with Crippen LogP contribution in [0.5, 0.6) is 0 Å². The maximum absolute atomic E-state index is 10.4. The zero-order valence-corrected chi connectivity index (χ0v) is 7.24. The van der Waals surface area contributed by atoms with Crippen molar-refractivity contribution in [2.75, 3.05) is 14.2 Å². The third-order valence-corrected chi connectivity index (χ3v) is 1.80. The molecule has 0 fully saturated rings. The van der Waals surface area contributed by atoms with Gasteiger partial charge < -0.3 is 14.3 Å². The van der Waals surface area contributed by atoms with Crippen LogP contribution in [0.4, 0.5) is 0 Å². The fraction of sp³-hybridized carbons (Fsp3) is 0.444. The summed E-state index contributed by atoms with van der Waals surface area (Å²) in [5.74, 6) is 1.27. The van der Waals surface area contributed by atoms with Crippen LogP contribution in [-0.4, -0.2) is 20.5 Å². The monoisotopic (exact) mass is 168 g/mol. The minimum absolute atomic E-state index is 0.0705. The summed E-state index contributed by atoms with van der Waals surface area (Å²) >= 11 is 0. The summed E-state index contributed by atoms with van der Waals surface area (Å²) in [5, 5.41) is 0. The van der Waals surface area contributed by atoms with Crippen LogP contribution in [0, 0.1) is 5.92 Å². The van der Waals surface area contributed by atoms with Gasteiger partial charge in [-0.25, -0.2) is 0 Å². The number of carbonyl (C=O) groups excluding carboxylic acids is 1. The molecule has 0 N–H and O–H groups in total. The lowest BCUT2D eigenvalue weighted by Gasteiger charge is -2.16. The van der Waals surface area contributed by atoms with Crippen molar-refractivity contribution in [2.24, 2.45) is 5.92 Å². The largest absolute Gasteiger partial charge is 0.493 e. The van der Waals surface area contributed by atoms with Crippen molar-refractivity contribution in [3.8, 4) is 0 Å². The average Bonchev–Trinajstić information content (AvgIpc) is 2.16. The molecule has 3 heteroatoms. The number of carbonyl (C=O) groups is 1. The van der Waals surface area contributed by atoms with Gasteiger partial charge in [0.1, 0.15) is 6.29 Å². The molecule has 0 saturated heterocycles. The Morgan fingerprint density at radius 1 is 1.42 bits per heavy atom. The first-order valence-electron chi connectivity index (χ1n) is 3.77. The van der Waals surface area contributed by atoms with E-state index in [0.29, 0.717) is 17.9 Å². The van der Waals surface area contributed by atoms with Gasteiger partial charge in [-0.1, -0.05) is 0 Å². The fourth-order valence-electron chi connectivity index (χ4n) is 1.14. The first-order chi connectivity index (χ1) is 5.81. The smallest absolute Gasteiger partial charge is 0.157 e. The zero-order valence-electron chi connectivity index (χ0n) is 7.24. The second-order valence-corrected chi connectivity index (χ2v) is 2.54. The molecule has 0 spiro atoms. The number of allylic oxidation sites excluding steroid dienone is 2. The molecule has 3 nitrogen and oxygen atoms in total. The highest BCUT2D eigenvalue weighted by molar-refractivity contribution is 5.58. The molecule has 0 radical (unpaired) electrons. The molecule has 1 unspecified atom stereocenters. The van der Waals surface area contributed by atoms with E-state index in [1.54, 1.807) is 20.3 Å². The summed E-state index contributed by atoms with van der Waals surface area (Å²) in [7, 11) is 3.14. The van der Waals surface area contributed by atoms with Crippen LogP contribution in [0.1, 0.15) is 6.42 Å². The number of hydrogen-bond acceptors (Lipinski definition) is 3. The highest BCUT2D eigenvalue weighted by Gasteiger charge is 2.15. The Labute approximate surface area is 71.7 Å². The van der Waals surface area contributed by atoms with Crippen molar-refractivity contribution < 1.29 is 14.3 Å². The van der Waals surface area contributed by atoms with E-state index < -0.39 is 0 Å². The Morgan fingerprint density at radius 3 is 2.58 bits per heavy atom. The molecular weight excluding hydrogens is 156 g/mol. The first-order valence-corrected chi connectivity index (χ1v) is 3.77. The van der Waals surface area contributed by atoms with Crippen LogP contribution < -0.4 is 0 Å². The van der Waals surface area contributed by atoms with Crippen LogP contribution >= 0.6 is 0 Å². The van der Waals surface area contributed by atoms with Gasteiger partial charge in [0.2, 0.25) is 0 Å². The van der Waals surface area contributed by atoms with E-state index in [-0.39, 0.29) is 5.92 Å². The number of ether oxygens (including phenoxy) is 2. The van der Waals surface area contributed by atoms with Gasteiger partial charge in [-0.2, -0.15) is 0 Å². The van der Waals surface area contributed by atoms with E-state index in [2.05, 4.69) is 0 Å². The summed E-state index contributed by atoms with van der Waals surface area (Å²) < 4.78 is 10.1. The standard InChI is InChI=1S/C9H12O3/c1-11-8-4-3-7(6-10)5-9(8)12-2/h4-7H,3H2,1-2H3. The highest BCUT2D eigenvalue weighted by atomic mass is 16.5. The highest BCUT2D eigenvalue weighted by Crippen LogP contribution is 2.22. The van der Waals surface area contributed by atoms with Crippen molar-refractivity contribution in [1.82, 2.24) is 0 Å². The van der Waals surface area contributed by atoms with Crippen LogP contribution in [-0.2, 0) is 14.3 Å². The van der Waals surface area contributed by atoms with Crippen LogP contribution in [0.25, 0.3) is 0 Å². The quantitative estimate of drug-likeness (QED) is 0.595. The van der Waals surface area contributed by atoms with Gasteiger partial charge in [-0.05, 0) is 18.6 Å². The van der Waals surface area contributed by atoms with Gasteiger partial charge in [0, 0.05) is 5.92 Å². The van der Waals surface area contributed by atoms with E-state index in [9.17, 15) is 4.79 Å². The Hall–Kier alpha value is -1.25. The molecule has 1 aliphatic rings. The minimum atomic E-state index is -0.0705. The number of hydrogen-bond donors (Lipinski definition) is 0. The molecule has 66 valence electrons. The van der Waals surface area contributed by atoms with Crippen molar-refractivity contribution in [1.29, 1.82) is 0 Å². The minimum Gasteiger partial charge on any atom is -0.493 e. The van der Waals surface area contributed by atoms with E-state index in [1.165, 1.54) is 0 Å². The Bertz CT molecular complexity index is 228. The molecule has 1 atom stereocenters. The molecule has 0 aliphatic heterocycles. The van der Waals surface area contributed by atoms with Crippen LogP contribution in [0.15, 0.2) is 23.7 Å². The lowest BCUT2D eigenvalue weighted by atomic mass is 10.0. The second-order valence-electron chi connectivity index (χ2n) is 2.54. The molecule has 0 aromatic carbocycles. The van der Waals surface area contributed by atoms with E-state index in [1.807, 2.05) is 6.08 Å². The van der Waals surface area contributed by atoms with Gasteiger partial charge in [0.15, 0.2) is 11.5 Å². The molecule has 0 heterocycles. The van der Waals surface area contributed by atoms with Crippen LogP contribution in [0.3, 0.4) is 0 Å². The van der Waals surface area contributed by atoms with Gasteiger partial charge >= 0.3 is 0 Å². The fourth-order valence-corrected chi connectivity index (χ4v) is 1.14. The predicted octanol–water partition coefficient (Wildman–Crippen LogP) is 1.27. The molecular formula is C9H12O3. The molecule has 0 aromatic rings. The maximum Gasteiger partial charge on any atom is 0.157 e. The van der Waals surface area contributed by atoms with Crippen LogP contribution in [0.2, 0.25) is 0 Å². The van der Waals surface area contributed by atoms with Gasteiger partial charge in [-0.15, -0.1) is 0 Å². The van der Waals surface area contributed by atoms with Crippen molar-refractivity contribution >= 4 is 6.29 Å². The molecule has 0 amide bonds. The normalized spacial score (nSPS) is 22.3. The predicted molar refractivity (Wildman–Crippen MR) is 44.4 cm³/mol. The van der Waals surface area contributed by atoms with Crippen molar-refractivity contribution in [3.05, 3.63) is 23.7 Å². The zero-order chi connectivity index (χ0) is 8.97. The maximum atomic E-state index is 10.4. The lowest BCUT2D eigenvalue weighted by molar-refractivity contribution is -0.109. The Morgan fingerprint density at radius 2 is 2.08 bits per heavy atom. The molecule has 12 heavy (non-hydrogen) atoms. The summed E-state index contributed by atoms with van der Waals surface area (Å²) in [4.78, 5) is 10.4. The van der Waals surface area contributed by atoms with E-state index >= 15 is 0 Å². The molecule has 1 aliphatic carbocycles.